The highest BCUT2D eigenvalue weighted by Crippen LogP contribution is 2.31. The van der Waals surface area contributed by atoms with Crippen LogP contribution < -0.4 is 10.1 Å². The monoisotopic (exact) mass is 358 g/mol. The maximum atomic E-state index is 12.2. The summed E-state index contributed by atoms with van der Waals surface area (Å²) in [5.41, 5.74) is 2.58. The standard InChI is InChI=1S/C18H15ClN2O2S/c1-11-9-13(19)7-8-14(11)20-18-21-17(22)16(24-18)10-12-5-3-4-6-15(12)23-2/h3-10H,1-2H3,(H,20,21,22)/b16-10-. The normalized spacial score (nSPS) is 17.4. The predicted octanol–water partition coefficient (Wildman–Crippen LogP) is 4.55. The summed E-state index contributed by atoms with van der Waals surface area (Å²) in [6.45, 7) is 1.93. The van der Waals surface area contributed by atoms with E-state index in [1.807, 2.05) is 43.3 Å². The van der Waals surface area contributed by atoms with Gasteiger partial charge in [0.25, 0.3) is 5.91 Å². The molecular formula is C18H15ClN2O2S. The minimum atomic E-state index is -0.170. The van der Waals surface area contributed by atoms with Crippen molar-refractivity contribution in [2.45, 2.75) is 6.92 Å². The number of benzene rings is 2. The number of para-hydroxylation sites is 1. The number of thioether (sulfide) groups is 1. The van der Waals surface area contributed by atoms with E-state index >= 15 is 0 Å². The number of halogens is 1. The molecule has 0 saturated carbocycles. The molecule has 2 aromatic carbocycles. The topological polar surface area (TPSA) is 50.7 Å². The molecule has 0 aliphatic carbocycles. The molecule has 24 heavy (non-hydrogen) atoms. The largest absolute Gasteiger partial charge is 0.496 e. The molecule has 1 aliphatic heterocycles. The average Bonchev–Trinajstić information content (AvgIpc) is 2.90. The van der Waals surface area contributed by atoms with Crippen LogP contribution in [0.5, 0.6) is 5.75 Å². The van der Waals surface area contributed by atoms with Crippen LogP contribution in [0.3, 0.4) is 0 Å². The summed E-state index contributed by atoms with van der Waals surface area (Å²) in [4.78, 5) is 17.2. The van der Waals surface area contributed by atoms with Crippen molar-refractivity contribution in [3.05, 3.63) is 63.5 Å². The van der Waals surface area contributed by atoms with Crippen molar-refractivity contribution >= 4 is 46.2 Å². The van der Waals surface area contributed by atoms with Gasteiger partial charge in [0.15, 0.2) is 5.17 Å². The molecule has 1 saturated heterocycles. The number of aliphatic imine (C=N–C) groups is 1. The minimum Gasteiger partial charge on any atom is -0.496 e. The zero-order valence-electron chi connectivity index (χ0n) is 13.2. The Morgan fingerprint density at radius 1 is 1.25 bits per heavy atom. The highest BCUT2D eigenvalue weighted by molar-refractivity contribution is 8.18. The molecular weight excluding hydrogens is 344 g/mol. The van der Waals surface area contributed by atoms with E-state index in [0.717, 1.165) is 22.6 Å². The third kappa shape index (κ3) is 3.63. The Labute approximate surface area is 149 Å². The van der Waals surface area contributed by atoms with Crippen LogP contribution >= 0.6 is 23.4 Å². The summed E-state index contributed by atoms with van der Waals surface area (Å²) in [7, 11) is 1.61. The van der Waals surface area contributed by atoms with Gasteiger partial charge in [0.05, 0.1) is 17.7 Å². The van der Waals surface area contributed by atoms with Crippen molar-refractivity contribution in [3.63, 3.8) is 0 Å². The van der Waals surface area contributed by atoms with E-state index in [9.17, 15) is 4.79 Å². The Bertz CT molecular complexity index is 862. The van der Waals surface area contributed by atoms with Crippen molar-refractivity contribution in [3.8, 4) is 5.75 Å². The molecule has 0 unspecified atom stereocenters. The Morgan fingerprint density at radius 3 is 2.79 bits per heavy atom. The van der Waals surface area contributed by atoms with Crippen LogP contribution in [0.15, 0.2) is 52.4 Å². The van der Waals surface area contributed by atoms with E-state index in [0.29, 0.717) is 15.1 Å². The smallest absolute Gasteiger partial charge is 0.264 e. The van der Waals surface area contributed by atoms with Gasteiger partial charge < -0.3 is 10.1 Å². The minimum absolute atomic E-state index is 0.170. The number of hydrogen-bond acceptors (Lipinski definition) is 4. The van der Waals surface area contributed by atoms with E-state index < -0.39 is 0 Å². The Morgan fingerprint density at radius 2 is 2.04 bits per heavy atom. The number of hydrogen-bond donors (Lipinski definition) is 1. The lowest BCUT2D eigenvalue weighted by Gasteiger charge is -2.03. The SMILES string of the molecule is COc1ccccc1/C=C1\SC(=Nc2ccc(Cl)cc2C)NC1=O. The van der Waals surface area contributed by atoms with Crippen molar-refractivity contribution in [2.75, 3.05) is 7.11 Å². The zero-order valence-corrected chi connectivity index (χ0v) is 14.7. The number of nitrogens with one attached hydrogen (secondary N) is 1. The summed E-state index contributed by atoms with van der Waals surface area (Å²) in [6.07, 6.45) is 1.80. The first-order valence-electron chi connectivity index (χ1n) is 7.25. The van der Waals surface area contributed by atoms with Crippen molar-refractivity contribution in [1.29, 1.82) is 0 Å². The number of amides is 1. The van der Waals surface area contributed by atoms with Crippen LogP contribution in [-0.4, -0.2) is 18.2 Å². The maximum Gasteiger partial charge on any atom is 0.264 e. The Balaban J connectivity index is 1.88. The van der Waals surface area contributed by atoms with Gasteiger partial charge in [-0.05, 0) is 54.6 Å². The molecule has 2 aromatic rings. The van der Waals surface area contributed by atoms with Crippen LogP contribution in [0.4, 0.5) is 5.69 Å². The Kier molecular flexibility index (Phi) is 4.92. The molecule has 0 aromatic heterocycles. The number of rotatable bonds is 3. The van der Waals surface area contributed by atoms with Gasteiger partial charge in [-0.15, -0.1) is 0 Å². The van der Waals surface area contributed by atoms with E-state index in [-0.39, 0.29) is 5.91 Å². The van der Waals surface area contributed by atoms with Crippen molar-refractivity contribution < 1.29 is 9.53 Å². The van der Waals surface area contributed by atoms with Crippen LogP contribution in [-0.2, 0) is 4.79 Å². The third-order valence-corrected chi connectivity index (χ3v) is 4.60. The van der Waals surface area contributed by atoms with E-state index in [2.05, 4.69) is 10.3 Å². The van der Waals surface area contributed by atoms with Crippen LogP contribution in [0.1, 0.15) is 11.1 Å². The molecule has 122 valence electrons. The molecule has 1 amide bonds. The lowest BCUT2D eigenvalue weighted by Crippen LogP contribution is -2.19. The maximum absolute atomic E-state index is 12.2. The molecule has 0 bridgehead atoms. The molecule has 1 fully saturated rings. The highest BCUT2D eigenvalue weighted by atomic mass is 35.5. The third-order valence-electron chi connectivity index (χ3n) is 3.46. The quantitative estimate of drug-likeness (QED) is 0.819. The average molecular weight is 359 g/mol. The van der Waals surface area contributed by atoms with Gasteiger partial charge in [-0.25, -0.2) is 4.99 Å². The summed E-state index contributed by atoms with van der Waals surface area (Å²) >= 11 is 7.26. The Hall–Kier alpha value is -2.24. The van der Waals surface area contributed by atoms with Crippen LogP contribution in [0.2, 0.25) is 5.02 Å². The van der Waals surface area contributed by atoms with Gasteiger partial charge in [0.1, 0.15) is 5.75 Å². The summed E-state index contributed by atoms with van der Waals surface area (Å²) in [5.74, 6) is 0.550. The molecule has 6 heteroatoms. The molecule has 1 heterocycles. The highest BCUT2D eigenvalue weighted by Gasteiger charge is 2.24. The first-order valence-corrected chi connectivity index (χ1v) is 8.45. The summed E-state index contributed by atoms with van der Waals surface area (Å²) < 4.78 is 5.31. The molecule has 1 N–H and O–H groups in total. The van der Waals surface area contributed by atoms with Gasteiger partial charge in [-0.3, -0.25) is 4.79 Å². The van der Waals surface area contributed by atoms with Gasteiger partial charge in [0, 0.05) is 10.6 Å². The predicted molar refractivity (Wildman–Crippen MR) is 100.0 cm³/mol. The second-order valence-corrected chi connectivity index (χ2v) is 6.62. The van der Waals surface area contributed by atoms with E-state index in [4.69, 9.17) is 16.3 Å². The first-order chi connectivity index (χ1) is 11.6. The molecule has 0 radical (unpaired) electrons. The lowest BCUT2D eigenvalue weighted by atomic mass is 10.2. The molecule has 0 atom stereocenters. The van der Waals surface area contributed by atoms with Crippen molar-refractivity contribution in [2.24, 2.45) is 4.99 Å². The molecule has 1 aliphatic rings. The van der Waals surface area contributed by atoms with Gasteiger partial charge in [-0.1, -0.05) is 29.8 Å². The van der Waals surface area contributed by atoms with Crippen LogP contribution in [0.25, 0.3) is 6.08 Å². The van der Waals surface area contributed by atoms with E-state index in [1.54, 1.807) is 19.3 Å². The summed E-state index contributed by atoms with van der Waals surface area (Å²) in [5, 5.41) is 3.99. The second-order valence-electron chi connectivity index (χ2n) is 5.15. The number of aryl methyl sites for hydroxylation is 1. The van der Waals surface area contributed by atoms with Gasteiger partial charge >= 0.3 is 0 Å². The number of methoxy groups -OCH3 is 1. The molecule has 0 spiro atoms. The first kappa shape index (κ1) is 16.6. The zero-order chi connectivity index (χ0) is 17.1. The number of carbonyl (C=O) groups excluding carboxylic acids is 1. The number of carbonyl (C=O) groups is 1. The molecule has 4 nitrogen and oxygen atoms in total. The number of ether oxygens (including phenoxy) is 1. The summed E-state index contributed by atoms with van der Waals surface area (Å²) in [6, 6.07) is 13.0. The molecule has 3 rings (SSSR count). The lowest BCUT2D eigenvalue weighted by molar-refractivity contribution is -0.115. The second kappa shape index (κ2) is 7.11. The fourth-order valence-electron chi connectivity index (χ4n) is 2.26. The number of amidine groups is 1. The fraction of sp³-hybridized carbons (Fsp3) is 0.111. The number of nitrogens with zero attached hydrogens (tertiary/aromatic N) is 1. The van der Waals surface area contributed by atoms with Crippen molar-refractivity contribution in [1.82, 2.24) is 5.32 Å². The van der Waals surface area contributed by atoms with Gasteiger partial charge in [0.2, 0.25) is 0 Å². The van der Waals surface area contributed by atoms with Gasteiger partial charge in [-0.2, -0.15) is 0 Å². The van der Waals surface area contributed by atoms with Crippen LogP contribution in [0, 0.1) is 6.92 Å². The fourth-order valence-corrected chi connectivity index (χ4v) is 3.31. The van der Waals surface area contributed by atoms with E-state index in [1.165, 1.54) is 11.8 Å².